The van der Waals surface area contributed by atoms with E-state index in [1.807, 2.05) is 53.9 Å². The lowest BCUT2D eigenvalue weighted by Crippen LogP contribution is -2.35. The summed E-state index contributed by atoms with van der Waals surface area (Å²) in [6.45, 7) is 4.86. The molecule has 24 heavy (non-hydrogen) atoms. The lowest BCUT2D eigenvalue weighted by atomic mass is 10.0. The summed E-state index contributed by atoms with van der Waals surface area (Å²) in [6.07, 6.45) is 1.43. The van der Waals surface area contributed by atoms with Gasteiger partial charge in [-0.05, 0) is 32.3 Å². The van der Waals surface area contributed by atoms with E-state index < -0.39 is 6.10 Å². The third kappa shape index (κ3) is 2.84. The van der Waals surface area contributed by atoms with Gasteiger partial charge in [0.1, 0.15) is 0 Å². The fraction of sp³-hybridized carbons (Fsp3) is 0.474. The van der Waals surface area contributed by atoms with Crippen molar-refractivity contribution in [3.63, 3.8) is 0 Å². The number of nitrogens with zero attached hydrogens (tertiary/aromatic N) is 3. The maximum absolute atomic E-state index is 13.2. The summed E-state index contributed by atoms with van der Waals surface area (Å²) in [5.74, 6) is 0.0360. The van der Waals surface area contributed by atoms with Crippen LogP contribution in [-0.4, -0.2) is 34.2 Å². The normalized spacial score (nSPS) is 18.8. The molecule has 1 saturated heterocycles. The number of carbonyl (C=O) groups excluding carboxylic acids is 1. The van der Waals surface area contributed by atoms with E-state index in [0.29, 0.717) is 0 Å². The molecule has 3 rings (SSSR count). The van der Waals surface area contributed by atoms with Gasteiger partial charge in [-0.1, -0.05) is 30.3 Å². The molecule has 2 heterocycles. The summed E-state index contributed by atoms with van der Waals surface area (Å²) in [4.78, 5) is 15.1. The Balaban J connectivity index is 1.91. The third-order valence-electron chi connectivity index (χ3n) is 5.00. The molecule has 5 nitrogen and oxygen atoms in total. The van der Waals surface area contributed by atoms with Crippen molar-refractivity contribution >= 4 is 5.91 Å². The van der Waals surface area contributed by atoms with Crippen LogP contribution >= 0.6 is 0 Å². The van der Waals surface area contributed by atoms with Crippen molar-refractivity contribution in [1.29, 1.82) is 0 Å². The Kier molecular flexibility index (Phi) is 4.71. The smallest absolute Gasteiger partial charge is 0.256 e. The molecule has 2 atom stereocenters. The van der Waals surface area contributed by atoms with Crippen LogP contribution in [0.25, 0.3) is 0 Å². The molecule has 1 aliphatic rings. The standard InChI is InChI=1S/C19H25N3O2/c1-13-17(14(2)21(3)20-13)16-11-8-12-22(16)19(23)18(24-4)15-9-6-5-7-10-15/h5-7,9-10,16,18H,8,11-12H2,1-4H3/t16-,18-/m1/s1. The van der Waals surface area contributed by atoms with Gasteiger partial charge in [-0.3, -0.25) is 9.48 Å². The SMILES string of the molecule is CO[C@@H](C(=O)N1CCC[C@@H]1c1c(C)nn(C)c1C)c1ccccc1. The van der Waals surface area contributed by atoms with Crippen molar-refractivity contribution in [2.45, 2.75) is 38.8 Å². The molecule has 128 valence electrons. The van der Waals surface area contributed by atoms with E-state index in [0.717, 1.165) is 36.3 Å². The number of benzene rings is 1. The number of rotatable bonds is 4. The molecule has 1 aromatic carbocycles. The van der Waals surface area contributed by atoms with Gasteiger partial charge in [0.2, 0.25) is 0 Å². The van der Waals surface area contributed by atoms with Gasteiger partial charge in [0, 0.05) is 32.0 Å². The second-order valence-electron chi connectivity index (χ2n) is 6.42. The van der Waals surface area contributed by atoms with Gasteiger partial charge in [-0.15, -0.1) is 0 Å². The minimum atomic E-state index is -0.552. The number of amides is 1. The van der Waals surface area contributed by atoms with Crippen LogP contribution < -0.4 is 0 Å². The summed E-state index contributed by atoms with van der Waals surface area (Å²) in [5, 5.41) is 4.52. The Morgan fingerprint density at radius 1 is 1.29 bits per heavy atom. The lowest BCUT2D eigenvalue weighted by molar-refractivity contribution is -0.143. The Morgan fingerprint density at radius 3 is 2.58 bits per heavy atom. The molecular formula is C19H25N3O2. The van der Waals surface area contributed by atoms with Gasteiger partial charge in [-0.2, -0.15) is 5.10 Å². The van der Waals surface area contributed by atoms with Crippen LogP contribution in [0.4, 0.5) is 0 Å². The molecule has 0 spiro atoms. The van der Waals surface area contributed by atoms with Crippen LogP contribution in [0.3, 0.4) is 0 Å². The van der Waals surface area contributed by atoms with Crippen LogP contribution in [0, 0.1) is 13.8 Å². The van der Waals surface area contributed by atoms with E-state index in [9.17, 15) is 4.79 Å². The van der Waals surface area contributed by atoms with Crippen molar-refractivity contribution < 1.29 is 9.53 Å². The molecule has 0 N–H and O–H groups in total. The van der Waals surface area contributed by atoms with E-state index in [2.05, 4.69) is 12.0 Å². The number of likely N-dealkylation sites (tertiary alicyclic amines) is 1. The highest BCUT2D eigenvalue weighted by Crippen LogP contribution is 2.37. The first kappa shape index (κ1) is 16.7. The number of carbonyl (C=O) groups is 1. The van der Waals surface area contributed by atoms with E-state index in [4.69, 9.17) is 4.74 Å². The second kappa shape index (κ2) is 6.77. The van der Waals surface area contributed by atoms with E-state index in [-0.39, 0.29) is 11.9 Å². The Hall–Kier alpha value is -2.14. The van der Waals surface area contributed by atoms with E-state index in [1.54, 1.807) is 7.11 Å². The third-order valence-corrected chi connectivity index (χ3v) is 5.00. The Labute approximate surface area is 143 Å². The van der Waals surface area contributed by atoms with Crippen LogP contribution in [0.5, 0.6) is 0 Å². The quantitative estimate of drug-likeness (QED) is 0.867. The summed E-state index contributed by atoms with van der Waals surface area (Å²) in [5.41, 5.74) is 4.22. The molecular weight excluding hydrogens is 302 g/mol. The topological polar surface area (TPSA) is 47.4 Å². The van der Waals surface area contributed by atoms with Crippen molar-refractivity contribution in [2.75, 3.05) is 13.7 Å². The number of hydrogen-bond acceptors (Lipinski definition) is 3. The molecule has 1 aromatic heterocycles. The number of aromatic nitrogens is 2. The summed E-state index contributed by atoms with van der Waals surface area (Å²) in [7, 11) is 3.55. The predicted molar refractivity (Wildman–Crippen MR) is 92.6 cm³/mol. The molecule has 0 bridgehead atoms. The van der Waals surface area contributed by atoms with Gasteiger partial charge >= 0.3 is 0 Å². The second-order valence-corrected chi connectivity index (χ2v) is 6.42. The maximum Gasteiger partial charge on any atom is 0.256 e. The molecule has 5 heteroatoms. The fourth-order valence-corrected chi connectivity index (χ4v) is 3.76. The summed E-state index contributed by atoms with van der Waals surface area (Å²) >= 11 is 0. The zero-order chi connectivity index (χ0) is 17.3. The van der Waals surface area contributed by atoms with Crippen molar-refractivity contribution in [2.24, 2.45) is 7.05 Å². The van der Waals surface area contributed by atoms with Gasteiger partial charge in [0.15, 0.2) is 6.10 Å². The molecule has 0 unspecified atom stereocenters. The highest BCUT2D eigenvalue weighted by Gasteiger charge is 2.37. The van der Waals surface area contributed by atoms with E-state index >= 15 is 0 Å². The van der Waals surface area contributed by atoms with Crippen molar-refractivity contribution in [3.8, 4) is 0 Å². The van der Waals surface area contributed by atoms with Crippen molar-refractivity contribution in [3.05, 3.63) is 52.8 Å². The number of hydrogen-bond donors (Lipinski definition) is 0. The molecule has 0 aliphatic carbocycles. The molecule has 0 radical (unpaired) electrons. The van der Waals surface area contributed by atoms with Crippen LogP contribution in [0.15, 0.2) is 30.3 Å². The monoisotopic (exact) mass is 327 g/mol. The highest BCUT2D eigenvalue weighted by molar-refractivity contribution is 5.83. The zero-order valence-electron chi connectivity index (χ0n) is 14.8. The molecule has 2 aromatic rings. The fourth-order valence-electron chi connectivity index (χ4n) is 3.76. The van der Waals surface area contributed by atoms with Gasteiger partial charge < -0.3 is 9.64 Å². The largest absolute Gasteiger partial charge is 0.367 e. The molecule has 0 saturated carbocycles. The van der Waals surface area contributed by atoms with Crippen LogP contribution in [0.2, 0.25) is 0 Å². The number of methoxy groups -OCH3 is 1. The average Bonchev–Trinajstić information content (AvgIpc) is 3.14. The van der Waals surface area contributed by atoms with Gasteiger partial charge in [0.25, 0.3) is 5.91 Å². The van der Waals surface area contributed by atoms with Crippen molar-refractivity contribution in [1.82, 2.24) is 14.7 Å². The summed E-state index contributed by atoms with van der Waals surface area (Å²) < 4.78 is 7.45. The lowest BCUT2D eigenvalue weighted by Gasteiger charge is -2.29. The first-order valence-electron chi connectivity index (χ1n) is 8.43. The Morgan fingerprint density at radius 2 is 2.00 bits per heavy atom. The Bertz CT molecular complexity index is 724. The van der Waals surface area contributed by atoms with Crippen LogP contribution in [-0.2, 0) is 16.6 Å². The predicted octanol–water partition coefficient (Wildman–Crippen LogP) is 3.09. The first-order chi connectivity index (χ1) is 11.5. The number of ether oxygens (including phenoxy) is 1. The van der Waals surface area contributed by atoms with Gasteiger partial charge in [-0.25, -0.2) is 0 Å². The first-order valence-corrected chi connectivity index (χ1v) is 8.43. The molecule has 1 aliphatic heterocycles. The highest BCUT2D eigenvalue weighted by atomic mass is 16.5. The molecule has 1 fully saturated rings. The minimum absolute atomic E-state index is 0.0360. The number of aryl methyl sites for hydroxylation is 2. The molecule has 1 amide bonds. The van der Waals surface area contributed by atoms with E-state index in [1.165, 1.54) is 5.56 Å². The average molecular weight is 327 g/mol. The van der Waals surface area contributed by atoms with Crippen LogP contribution in [0.1, 0.15) is 47.5 Å². The maximum atomic E-state index is 13.2. The zero-order valence-corrected chi connectivity index (χ0v) is 14.8. The van der Waals surface area contributed by atoms with Gasteiger partial charge in [0.05, 0.1) is 11.7 Å². The summed E-state index contributed by atoms with van der Waals surface area (Å²) in [6, 6.07) is 9.79. The minimum Gasteiger partial charge on any atom is -0.367 e.